The summed E-state index contributed by atoms with van der Waals surface area (Å²) in [5, 5.41) is 19.9. The number of rotatable bonds is 6. The standard InChI is InChI=1S/C19H24N2O4/c1-2-25-16-4-3-15-17(21-16)13(8-12-20-15)5-9-19(24)10-6-14(7-11-19)18(22)23/h3-4,8,12,14,24H,2,5-7,9-11H2,1H3,(H,22,23). The highest BCUT2D eigenvalue weighted by molar-refractivity contribution is 5.78. The third-order valence-corrected chi connectivity index (χ3v) is 5.06. The lowest BCUT2D eigenvalue weighted by Gasteiger charge is -2.34. The van der Waals surface area contributed by atoms with Crippen molar-refractivity contribution in [2.45, 2.75) is 51.0 Å². The van der Waals surface area contributed by atoms with Crippen LogP contribution >= 0.6 is 0 Å². The summed E-state index contributed by atoms with van der Waals surface area (Å²) in [5.41, 5.74) is 1.85. The smallest absolute Gasteiger partial charge is 0.306 e. The van der Waals surface area contributed by atoms with E-state index in [2.05, 4.69) is 9.97 Å². The van der Waals surface area contributed by atoms with Gasteiger partial charge in [-0.05, 0) is 63.1 Å². The third-order valence-electron chi connectivity index (χ3n) is 5.06. The lowest BCUT2D eigenvalue weighted by molar-refractivity contribution is -0.144. The predicted octanol–water partition coefficient (Wildman–Crippen LogP) is 2.97. The number of aromatic nitrogens is 2. The van der Waals surface area contributed by atoms with E-state index in [9.17, 15) is 9.90 Å². The normalized spacial score (nSPS) is 23.5. The minimum Gasteiger partial charge on any atom is -0.481 e. The highest BCUT2D eigenvalue weighted by Crippen LogP contribution is 2.35. The molecule has 6 nitrogen and oxygen atoms in total. The van der Waals surface area contributed by atoms with Crippen molar-refractivity contribution in [1.82, 2.24) is 9.97 Å². The van der Waals surface area contributed by atoms with Gasteiger partial charge in [0.05, 0.1) is 29.2 Å². The van der Waals surface area contributed by atoms with E-state index in [1.54, 1.807) is 6.20 Å². The largest absolute Gasteiger partial charge is 0.481 e. The fourth-order valence-corrected chi connectivity index (χ4v) is 3.51. The van der Waals surface area contributed by atoms with Gasteiger partial charge < -0.3 is 14.9 Å². The highest BCUT2D eigenvalue weighted by atomic mass is 16.5. The number of hydrogen-bond acceptors (Lipinski definition) is 5. The molecular weight excluding hydrogens is 320 g/mol. The molecule has 25 heavy (non-hydrogen) atoms. The van der Waals surface area contributed by atoms with Crippen molar-refractivity contribution in [1.29, 1.82) is 0 Å². The first-order valence-corrected chi connectivity index (χ1v) is 8.83. The second-order valence-electron chi connectivity index (χ2n) is 6.76. The molecule has 0 aromatic carbocycles. The molecule has 1 aliphatic rings. The Bertz CT molecular complexity index is 754. The van der Waals surface area contributed by atoms with Gasteiger partial charge in [0.2, 0.25) is 5.88 Å². The van der Waals surface area contributed by atoms with Gasteiger partial charge in [0, 0.05) is 12.3 Å². The second kappa shape index (κ2) is 7.35. The summed E-state index contributed by atoms with van der Waals surface area (Å²) in [7, 11) is 0. The quantitative estimate of drug-likeness (QED) is 0.837. The first-order chi connectivity index (χ1) is 12.0. The summed E-state index contributed by atoms with van der Waals surface area (Å²) in [5.74, 6) is -0.503. The van der Waals surface area contributed by atoms with Crippen molar-refractivity contribution < 1.29 is 19.7 Å². The van der Waals surface area contributed by atoms with Crippen LogP contribution in [0.25, 0.3) is 11.0 Å². The van der Waals surface area contributed by atoms with Crippen LogP contribution in [0.4, 0.5) is 0 Å². The molecule has 2 heterocycles. The lowest BCUT2D eigenvalue weighted by atomic mass is 9.76. The van der Waals surface area contributed by atoms with E-state index in [4.69, 9.17) is 9.84 Å². The van der Waals surface area contributed by atoms with Crippen LogP contribution in [0.1, 0.15) is 44.6 Å². The Kier molecular flexibility index (Phi) is 5.18. The average Bonchev–Trinajstić information content (AvgIpc) is 2.60. The van der Waals surface area contributed by atoms with Gasteiger partial charge >= 0.3 is 5.97 Å². The molecule has 6 heteroatoms. The number of carboxylic acid groups (broad SMARTS) is 1. The summed E-state index contributed by atoms with van der Waals surface area (Å²) in [6.07, 6.45) is 5.17. The zero-order valence-electron chi connectivity index (χ0n) is 14.4. The van der Waals surface area contributed by atoms with Crippen molar-refractivity contribution in [2.24, 2.45) is 5.92 Å². The molecule has 0 aliphatic heterocycles. The van der Waals surface area contributed by atoms with E-state index in [0.29, 0.717) is 51.0 Å². The molecule has 0 atom stereocenters. The second-order valence-corrected chi connectivity index (χ2v) is 6.76. The van der Waals surface area contributed by atoms with Crippen LogP contribution in [0, 0.1) is 5.92 Å². The van der Waals surface area contributed by atoms with E-state index in [1.807, 2.05) is 25.1 Å². The van der Waals surface area contributed by atoms with E-state index in [-0.39, 0.29) is 5.92 Å². The average molecular weight is 344 g/mol. The molecule has 0 unspecified atom stereocenters. The Labute approximate surface area is 146 Å². The van der Waals surface area contributed by atoms with Gasteiger partial charge in [-0.2, -0.15) is 0 Å². The van der Waals surface area contributed by atoms with E-state index >= 15 is 0 Å². The molecule has 0 amide bonds. The number of carboxylic acids is 1. The van der Waals surface area contributed by atoms with E-state index in [0.717, 1.165) is 16.6 Å². The Hall–Kier alpha value is -2.21. The van der Waals surface area contributed by atoms with Gasteiger partial charge in [0.1, 0.15) is 0 Å². The molecule has 3 rings (SSSR count). The van der Waals surface area contributed by atoms with Gasteiger partial charge in [0.25, 0.3) is 0 Å². The summed E-state index contributed by atoms with van der Waals surface area (Å²) >= 11 is 0. The molecule has 2 aromatic heterocycles. The van der Waals surface area contributed by atoms with Crippen LogP contribution in [0.2, 0.25) is 0 Å². The maximum atomic E-state index is 11.1. The molecular formula is C19H24N2O4. The first kappa shape index (κ1) is 17.6. The summed E-state index contributed by atoms with van der Waals surface area (Å²) in [6.45, 7) is 2.47. The number of pyridine rings is 2. The van der Waals surface area contributed by atoms with Gasteiger partial charge in [-0.15, -0.1) is 0 Å². The molecule has 1 fully saturated rings. The number of aliphatic carboxylic acids is 1. The number of aryl methyl sites for hydroxylation is 1. The van der Waals surface area contributed by atoms with Gasteiger partial charge in [-0.3, -0.25) is 9.78 Å². The predicted molar refractivity (Wildman–Crippen MR) is 93.6 cm³/mol. The van der Waals surface area contributed by atoms with Crippen molar-refractivity contribution in [3.63, 3.8) is 0 Å². The van der Waals surface area contributed by atoms with E-state index in [1.165, 1.54) is 0 Å². The SMILES string of the molecule is CCOc1ccc2nccc(CCC3(O)CCC(C(=O)O)CC3)c2n1. The highest BCUT2D eigenvalue weighted by Gasteiger charge is 2.35. The number of hydrogen-bond donors (Lipinski definition) is 2. The van der Waals surface area contributed by atoms with Gasteiger partial charge in [-0.1, -0.05) is 0 Å². The minimum absolute atomic E-state index is 0.322. The Balaban J connectivity index is 1.72. The molecule has 2 N–H and O–H groups in total. The first-order valence-electron chi connectivity index (χ1n) is 8.83. The van der Waals surface area contributed by atoms with Gasteiger partial charge in [0.15, 0.2) is 0 Å². The molecule has 134 valence electrons. The van der Waals surface area contributed by atoms with Crippen molar-refractivity contribution in [3.05, 3.63) is 30.0 Å². The number of ether oxygens (including phenoxy) is 1. The topological polar surface area (TPSA) is 92.5 Å². The van der Waals surface area contributed by atoms with Crippen molar-refractivity contribution in [3.8, 4) is 5.88 Å². The molecule has 1 saturated carbocycles. The molecule has 2 aromatic rings. The van der Waals surface area contributed by atoms with Crippen molar-refractivity contribution >= 4 is 17.0 Å². The van der Waals surface area contributed by atoms with Crippen LogP contribution in [0.3, 0.4) is 0 Å². The Morgan fingerprint density at radius 3 is 2.76 bits per heavy atom. The van der Waals surface area contributed by atoms with Crippen LogP contribution in [-0.2, 0) is 11.2 Å². The van der Waals surface area contributed by atoms with Crippen LogP contribution in [0.15, 0.2) is 24.4 Å². The van der Waals surface area contributed by atoms with Crippen LogP contribution in [-0.4, -0.2) is 38.4 Å². The Morgan fingerprint density at radius 1 is 1.32 bits per heavy atom. The zero-order valence-corrected chi connectivity index (χ0v) is 14.4. The van der Waals surface area contributed by atoms with Crippen LogP contribution in [0.5, 0.6) is 5.88 Å². The maximum Gasteiger partial charge on any atom is 0.306 e. The molecule has 0 radical (unpaired) electrons. The molecule has 0 spiro atoms. The summed E-state index contributed by atoms with van der Waals surface area (Å²) < 4.78 is 5.47. The van der Waals surface area contributed by atoms with Crippen molar-refractivity contribution in [2.75, 3.05) is 6.61 Å². The maximum absolute atomic E-state index is 11.1. The molecule has 0 saturated heterocycles. The minimum atomic E-state index is -0.793. The number of nitrogens with zero attached hydrogens (tertiary/aromatic N) is 2. The van der Waals surface area contributed by atoms with Crippen LogP contribution < -0.4 is 4.74 Å². The monoisotopic (exact) mass is 344 g/mol. The van der Waals surface area contributed by atoms with Gasteiger partial charge in [-0.25, -0.2) is 4.98 Å². The molecule has 1 aliphatic carbocycles. The molecule has 0 bridgehead atoms. The number of carbonyl (C=O) groups is 1. The van der Waals surface area contributed by atoms with E-state index < -0.39 is 11.6 Å². The fraction of sp³-hybridized carbons (Fsp3) is 0.526. The Morgan fingerprint density at radius 2 is 2.08 bits per heavy atom. The lowest BCUT2D eigenvalue weighted by Crippen LogP contribution is -2.36. The third kappa shape index (κ3) is 4.07. The number of fused-ring (bicyclic) bond motifs is 1. The summed E-state index contributed by atoms with van der Waals surface area (Å²) in [4.78, 5) is 19.9. The summed E-state index contributed by atoms with van der Waals surface area (Å²) in [6, 6.07) is 5.63. The zero-order chi connectivity index (χ0) is 17.9. The number of aliphatic hydroxyl groups is 1. The fourth-order valence-electron chi connectivity index (χ4n) is 3.51.